The minimum atomic E-state index is -0.756. The molecule has 0 bridgehead atoms. The third kappa shape index (κ3) is 7.73. The Bertz CT molecular complexity index is 384. The zero-order chi connectivity index (χ0) is 11.8. The van der Waals surface area contributed by atoms with Gasteiger partial charge in [0.25, 0.3) is 0 Å². The summed E-state index contributed by atoms with van der Waals surface area (Å²) in [5.74, 6) is 0. The van der Waals surface area contributed by atoms with E-state index in [0.29, 0.717) is 13.2 Å². The Hall–Kier alpha value is -0.346. The quantitative estimate of drug-likeness (QED) is 0.583. The molecule has 0 aromatic heterocycles. The molecule has 2 nitrogen and oxygen atoms in total. The molecule has 0 fully saturated rings. The van der Waals surface area contributed by atoms with Crippen LogP contribution in [0.3, 0.4) is 0 Å². The van der Waals surface area contributed by atoms with Gasteiger partial charge in [-0.05, 0) is 0 Å². The Kier molecular flexibility index (Phi) is 11.3. The summed E-state index contributed by atoms with van der Waals surface area (Å²) in [6.45, 7) is 1.30. The summed E-state index contributed by atoms with van der Waals surface area (Å²) in [5, 5.41) is 0. The van der Waals surface area contributed by atoms with Crippen molar-refractivity contribution in [3.05, 3.63) is 71.8 Å². The fourth-order valence-electron chi connectivity index (χ4n) is 1.42. The monoisotopic (exact) mass is 334 g/mol. The maximum atomic E-state index is 5.54. The van der Waals surface area contributed by atoms with E-state index in [4.69, 9.17) is 6.64 Å². The van der Waals surface area contributed by atoms with E-state index in [0.717, 1.165) is 0 Å². The van der Waals surface area contributed by atoms with Crippen molar-refractivity contribution in [3.63, 3.8) is 0 Å². The summed E-state index contributed by atoms with van der Waals surface area (Å²) in [4.78, 5) is 0. The summed E-state index contributed by atoms with van der Waals surface area (Å²) in [5.41, 5.74) is 2.39. The standard InChI is InChI=1S/2C7H7O.2ClH.Ti/c2*8-6-7-4-2-1-3-5-7;;;/h2*1-5H,6H2;2*1H;/q2*-1;;;+2. The van der Waals surface area contributed by atoms with Crippen LogP contribution in [0.25, 0.3) is 0 Å². The van der Waals surface area contributed by atoms with Crippen LogP contribution in [0.1, 0.15) is 11.1 Å². The van der Waals surface area contributed by atoms with E-state index in [2.05, 4.69) is 24.3 Å². The molecule has 2 rings (SSSR count). The van der Waals surface area contributed by atoms with Crippen molar-refractivity contribution >= 4 is 24.8 Å². The molecule has 2 aromatic rings. The van der Waals surface area contributed by atoms with E-state index in [-0.39, 0.29) is 24.8 Å². The second-order valence-electron chi connectivity index (χ2n) is 3.63. The van der Waals surface area contributed by atoms with E-state index in [1.807, 2.05) is 36.4 Å². The van der Waals surface area contributed by atoms with Gasteiger partial charge in [0, 0.05) is 0 Å². The normalized spacial score (nSPS) is 9.05. The van der Waals surface area contributed by atoms with Crippen molar-refractivity contribution in [2.24, 2.45) is 0 Å². The molecule has 19 heavy (non-hydrogen) atoms. The topological polar surface area (TPSA) is 18.5 Å². The van der Waals surface area contributed by atoms with Crippen molar-refractivity contribution < 1.29 is 26.6 Å². The molecule has 0 unspecified atom stereocenters. The molecule has 0 aliphatic carbocycles. The zero-order valence-corrected chi connectivity index (χ0v) is 13.5. The van der Waals surface area contributed by atoms with E-state index in [1.54, 1.807) is 0 Å². The van der Waals surface area contributed by atoms with Crippen LogP contribution in [0.5, 0.6) is 0 Å². The van der Waals surface area contributed by atoms with E-state index >= 15 is 0 Å². The third-order valence-corrected chi connectivity index (χ3v) is 3.10. The predicted molar refractivity (Wildman–Crippen MR) is 77.0 cm³/mol. The number of hydrogen-bond donors (Lipinski definition) is 0. The van der Waals surface area contributed by atoms with Crippen LogP contribution < -0.4 is 0 Å². The van der Waals surface area contributed by atoms with Crippen LogP contribution in [0.2, 0.25) is 0 Å². The first-order chi connectivity index (χ1) is 8.45. The summed E-state index contributed by atoms with van der Waals surface area (Å²) in [6, 6.07) is 20.3. The van der Waals surface area contributed by atoms with Crippen LogP contribution in [-0.4, -0.2) is 0 Å². The molecule has 0 amide bonds. The maximum absolute atomic E-state index is 5.54. The average molecular weight is 335 g/mol. The Morgan fingerprint density at radius 3 is 1.37 bits per heavy atom. The molecule has 102 valence electrons. The van der Waals surface area contributed by atoms with Gasteiger partial charge < -0.3 is 0 Å². The average Bonchev–Trinajstić information content (AvgIpc) is 2.41. The molecule has 0 radical (unpaired) electrons. The van der Waals surface area contributed by atoms with Crippen LogP contribution in [0.4, 0.5) is 0 Å². The van der Waals surface area contributed by atoms with Gasteiger partial charge in [-0.2, -0.15) is 0 Å². The molecular weight excluding hydrogens is 319 g/mol. The molecule has 0 aliphatic heterocycles. The Labute approximate surface area is 136 Å². The van der Waals surface area contributed by atoms with Crippen molar-refractivity contribution in [2.45, 2.75) is 13.2 Å². The van der Waals surface area contributed by atoms with Gasteiger partial charge in [-0.15, -0.1) is 24.8 Å². The SMILES string of the molecule is Cl.Cl.c1ccc(C[O][Ti][O]Cc2ccccc2)cc1. The van der Waals surface area contributed by atoms with Gasteiger partial charge in [-0.3, -0.25) is 0 Å². The van der Waals surface area contributed by atoms with Crippen LogP contribution in [0.15, 0.2) is 60.7 Å². The van der Waals surface area contributed by atoms with Gasteiger partial charge in [-0.25, -0.2) is 0 Å². The van der Waals surface area contributed by atoms with Gasteiger partial charge >= 0.3 is 112 Å². The Balaban J connectivity index is 0.00000162. The number of hydrogen-bond acceptors (Lipinski definition) is 2. The molecule has 2 aromatic carbocycles. The number of benzene rings is 2. The molecule has 0 atom stereocenters. The van der Waals surface area contributed by atoms with Crippen LogP contribution >= 0.6 is 24.8 Å². The predicted octanol–water partition coefficient (Wildman–Crippen LogP) is 4.18. The van der Waals surface area contributed by atoms with E-state index < -0.39 is 19.9 Å². The first-order valence-corrected chi connectivity index (χ1v) is 6.79. The van der Waals surface area contributed by atoms with Crippen molar-refractivity contribution in [1.29, 1.82) is 0 Å². The van der Waals surface area contributed by atoms with Crippen LogP contribution in [-0.2, 0) is 39.8 Å². The molecule has 0 aliphatic rings. The summed E-state index contributed by atoms with van der Waals surface area (Å²) in [7, 11) is 0. The molecule has 0 N–H and O–H groups in total. The van der Waals surface area contributed by atoms with Crippen molar-refractivity contribution in [2.75, 3.05) is 0 Å². The molecular formula is C14H16Cl2O2Ti. The summed E-state index contributed by atoms with van der Waals surface area (Å²) < 4.78 is 11.1. The first-order valence-electron chi connectivity index (χ1n) is 5.51. The van der Waals surface area contributed by atoms with E-state index in [1.165, 1.54) is 11.1 Å². The van der Waals surface area contributed by atoms with Gasteiger partial charge in [0.1, 0.15) is 0 Å². The third-order valence-electron chi connectivity index (χ3n) is 2.28. The Morgan fingerprint density at radius 2 is 1.00 bits per heavy atom. The second kappa shape index (κ2) is 11.5. The fourth-order valence-corrected chi connectivity index (χ4v) is 2.25. The van der Waals surface area contributed by atoms with Crippen LogP contribution in [0, 0.1) is 0 Å². The van der Waals surface area contributed by atoms with Gasteiger partial charge in [0.2, 0.25) is 0 Å². The molecule has 0 saturated heterocycles. The zero-order valence-electron chi connectivity index (χ0n) is 10.3. The summed E-state index contributed by atoms with van der Waals surface area (Å²) >= 11 is -0.756. The summed E-state index contributed by atoms with van der Waals surface area (Å²) in [6.07, 6.45) is 0. The fraction of sp³-hybridized carbons (Fsp3) is 0.143. The minimum absolute atomic E-state index is 0. The van der Waals surface area contributed by atoms with E-state index in [9.17, 15) is 0 Å². The van der Waals surface area contributed by atoms with Gasteiger partial charge in [-0.1, -0.05) is 0 Å². The van der Waals surface area contributed by atoms with Gasteiger partial charge in [0.15, 0.2) is 0 Å². The van der Waals surface area contributed by atoms with Crippen molar-refractivity contribution in [1.82, 2.24) is 0 Å². The van der Waals surface area contributed by atoms with Crippen molar-refractivity contribution in [3.8, 4) is 0 Å². The second-order valence-corrected chi connectivity index (χ2v) is 4.79. The Morgan fingerprint density at radius 1 is 0.632 bits per heavy atom. The molecule has 0 spiro atoms. The molecule has 5 heteroatoms. The first kappa shape index (κ1) is 18.7. The number of rotatable bonds is 6. The van der Waals surface area contributed by atoms with Gasteiger partial charge in [0.05, 0.1) is 0 Å². The molecule has 0 heterocycles. The molecule has 0 saturated carbocycles. The number of halogens is 2.